The minimum Gasteiger partial charge on any atom is -0.381 e. The molecule has 1 atom stereocenters. The van der Waals surface area contributed by atoms with Gasteiger partial charge in [0.15, 0.2) is 0 Å². The minimum absolute atomic E-state index is 0.0625. The molecule has 0 unspecified atom stereocenters. The fourth-order valence-corrected chi connectivity index (χ4v) is 2.19. The number of hydrogen-bond donors (Lipinski definition) is 1. The Morgan fingerprint density at radius 2 is 2.27 bits per heavy atom. The molecule has 0 bridgehead atoms. The summed E-state index contributed by atoms with van der Waals surface area (Å²) >= 11 is 0. The second kappa shape index (κ2) is 3.51. The molecule has 1 aliphatic rings. The number of primary sulfonamides is 1. The van der Waals surface area contributed by atoms with Gasteiger partial charge in [0.1, 0.15) is 0 Å². The van der Waals surface area contributed by atoms with E-state index < -0.39 is 10.0 Å². The van der Waals surface area contributed by atoms with Gasteiger partial charge < -0.3 is 4.74 Å². The Kier molecular flexibility index (Phi) is 2.86. The smallest absolute Gasteiger partial charge is 0.209 e. The number of ether oxygens (including phenoxy) is 1. The van der Waals surface area contributed by atoms with Gasteiger partial charge in [-0.3, -0.25) is 0 Å². The van der Waals surface area contributed by atoms with Crippen LogP contribution in [0.15, 0.2) is 0 Å². The van der Waals surface area contributed by atoms with Gasteiger partial charge in [0, 0.05) is 6.61 Å². The first-order valence-corrected chi connectivity index (χ1v) is 5.38. The molecule has 0 aromatic rings. The van der Waals surface area contributed by atoms with E-state index in [1.165, 1.54) is 0 Å². The summed E-state index contributed by atoms with van der Waals surface area (Å²) in [7, 11) is -3.30. The van der Waals surface area contributed by atoms with E-state index in [-0.39, 0.29) is 11.7 Å². The largest absolute Gasteiger partial charge is 0.381 e. The van der Waals surface area contributed by atoms with E-state index in [1.807, 2.05) is 0 Å². The minimum atomic E-state index is -3.30. The van der Waals surface area contributed by atoms with Crippen LogP contribution in [0.1, 0.15) is 12.8 Å². The van der Waals surface area contributed by atoms with E-state index in [2.05, 4.69) is 0 Å². The van der Waals surface area contributed by atoms with Crippen LogP contribution in [0.25, 0.3) is 0 Å². The molecule has 1 heterocycles. The molecule has 1 fully saturated rings. The summed E-state index contributed by atoms with van der Waals surface area (Å²) in [5, 5.41) is 4.88. The summed E-state index contributed by atoms with van der Waals surface area (Å²) in [4.78, 5) is 0. The van der Waals surface area contributed by atoms with E-state index in [4.69, 9.17) is 9.88 Å². The van der Waals surface area contributed by atoms with Gasteiger partial charge in [-0.1, -0.05) is 0 Å². The Balaban J connectivity index is 2.36. The average molecular weight is 179 g/mol. The fourth-order valence-electron chi connectivity index (χ4n) is 1.27. The van der Waals surface area contributed by atoms with Gasteiger partial charge >= 0.3 is 0 Å². The quantitative estimate of drug-likeness (QED) is 0.632. The van der Waals surface area contributed by atoms with Crippen molar-refractivity contribution in [3.05, 3.63) is 0 Å². The lowest BCUT2D eigenvalue weighted by Gasteiger charge is -2.20. The highest BCUT2D eigenvalue weighted by atomic mass is 32.2. The molecule has 11 heavy (non-hydrogen) atoms. The van der Waals surface area contributed by atoms with E-state index in [1.54, 1.807) is 0 Å². The van der Waals surface area contributed by atoms with Crippen LogP contribution < -0.4 is 5.14 Å². The molecule has 5 heteroatoms. The lowest BCUT2D eigenvalue weighted by molar-refractivity contribution is 0.0626. The van der Waals surface area contributed by atoms with E-state index in [9.17, 15) is 8.42 Å². The van der Waals surface area contributed by atoms with Crippen molar-refractivity contribution < 1.29 is 13.2 Å². The SMILES string of the molecule is NS(=O)(=O)C[C@@H]1CCCOC1. The van der Waals surface area contributed by atoms with Crippen molar-refractivity contribution in [1.29, 1.82) is 0 Å². The third-order valence-corrected chi connectivity index (χ3v) is 2.66. The van der Waals surface area contributed by atoms with Crippen molar-refractivity contribution >= 4 is 10.0 Å². The van der Waals surface area contributed by atoms with Crippen LogP contribution in [0.4, 0.5) is 0 Å². The molecule has 0 radical (unpaired) electrons. The zero-order valence-electron chi connectivity index (χ0n) is 6.32. The molecule has 0 amide bonds. The average Bonchev–Trinajstić information content (AvgIpc) is 1.85. The van der Waals surface area contributed by atoms with Gasteiger partial charge in [0.2, 0.25) is 10.0 Å². The predicted molar refractivity (Wildman–Crippen MR) is 41.5 cm³/mol. The fraction of sp³-hybridized carbons (Fsp3) is 1.00. The van der Waals surface area contributed by atoms with Crippen LogP contribution in [0.2, 0.25) is 0 Å². The molecule has 0 aromatic carbocycles. The molecular formula is C6H13NO3S. The molecule has 0 aliphatic carbocycles. The van der Waals surface area contributed by atoms with Gasteiger partial charge in [0.05, 0.1) is 12.4 Å². The molecule has 1 saturated heterocycles. The van der Waals surface area contributed by atoms with Gasteiger partial charge in [-0.05, 0) is 18.8 Å². The van der Waals surface area contributed by atoms with Crippen LogP contribution in [0, 0.1) is 5.92 Å². The lowest BCUT2D eigenvalue weighted by Crippen LogP contribution is -2.28. The van der Waals surface area contributed by atoms with Gasteiger partial charge in [-0.25, -0.2) is 13.6 Å². The summed E-state index contributed by atoms with van der Waals surface area (Å²) in [6.45, 7) is 1.29. The van der Waals surface area contributed by atoms with Gasteiger partial charge in [-0.2, -0.15) is 0 Å². The maximum Gasteiger partial charge on any atom is 0.209 e. The normalized spacial score (nSPS) is 26.8. The van der Waals surface area contributed by atoms with Crippen LogP contribution >= 0.6 is 0 Å². The van der Waals surface area contributed by atoms with Crippen molar-refractivity contribution in [2.75, 3.05) is 19.0 Å². The molecule has 0 aromatic heterocycles. The number of rotatable bonds is 2. The van der Waals surface area contributed by atoms with Gasteiger partial charge in [-0.15, -0.1) is 0 Å². The van der Waals surface area contributed by atoms with E-state index >= 15 is 0 Å². The van der Waals surface area contributed by atoms with Crippen molar-refractivity contribution in [2.45, 2.75) is 12.8 Å². The molecule has 0 saturated carbocycles. The topological polar surface area (TPSA) is 69.4 Å². The standard InChI is InChI=1S/C6H13NO3S/c7-11(8,9)5-6-2-1-3-10-4-6/h6H,1-5H2,(H2,7,8,9)/t6-/m1/s1. The molecule has 1 aliphatic heterocycles. The first-order valence-electron chi connectivity index (χ1n) is 3.66. The first kappa shape index (κ1) is 8.96. The maximum atomic E-state index is 10.6. The highest BCUT2D eigenvalue weighted by Crippen LogP contribution is 2.14. The van der Waals surface area contributed by atoms with Crippen LogP contribution in [0.5, 0.6) is 0 Å². The van der Waals surface area contributed by atoms with Crippen molar-refractivity contribution in [1.82, 2.24) is 0 Å². The van der Waals surface area contributed by atoms with Crippen LogP contribution in [0.3, 0.4) is 0 Å². The Morgan fingerprint density at radius 3 is 2.73 bits per heavy atom. The summed E-state index contributed by atoms with van der Waals surface area (Å²) in [5.41, 5.74) is 0. The molecule has 2 N–H and O–H groups in total. The maximum absolute atomic E-state index is 10.6. The van der Waals surface area contributed by atoms with Crippen molar-refractivity contribution in [3.63, 3.8) is 0 Å². The van der Waals surface area contributed by atoms with E-state index in [0.717, 1.165) is 19.4 Å². The summed E-state index contributed by atoms with van der Waals surface area (Å²) < 4.78 is 26.4. The van der Waals surface area contributed by atoms with Gasteiger partial charge in [0.25, 0.3) is 0 Å². The summed E-state index contributed by atoms with van der Waals surface area (Å²) in [6.07, 6.45) is 1.86. The second-order valence-electron chi connectivity index (χ2n) is 2.91. The predicted octanol–water partition coefficient (Wildman–Crippen LogP) is -0.298. The van der Waals surface area contributed by atoms with Crippen molar-refractivity contribution in [3.8, 4) is 0 Å². The highest BCUT2D eigenvalue weighted by molar-refractivity contribution is 7.89. The van der Waals surface area contributed by atoms with E-state index in [0.29, 0.717) is 6.61 Å². The third-order valence-electron chi connectivity index (χ3n) is 1.72. The zero-order chi connectivity index (χ0) is 8.32. The Hall–Kier alpha value is -0.130. The lowest BCUT2D eigenvalue weighted by atomic mass is 10.1. The number of hydrogen-bond acceptors (Lipinski definition) is 3. The monoisotopic (exact) mass is 179 g/mol. The Morgan fingerprint density at radius 1 is 1.55 bits per heavy atom. The molecule has 66 valence electrons. The van der Waals surface area contributed by atoms with Crippen LogP contribution in [-0.2, 0) is 14.8 Å². The van der Waals surface area contributed by atoms with Crippen molar-refractivity contribution in [2.24, 2.45) is 11.1 Å². The molecular weight excluding hydrogens is 166 g/mol. The number of sulfonamides is 1. The summed E-state index contributed by atoms with van der Waals surface area (Å²) in [5.74, 6) is 0.172. The van der Waals surface area contributed by atoms with Crippen LogP contribution in [-0.4, -0.2) is 27.4 Å². The third kappa shape index (κ3) is 3.69. The first-order chi connectivity index (χ1) is 5.08. The second-order valence-corrected chi connectivity index (χ2v) is 4.57. The highest BCUT2D eigenvalue weighted by Gasteiger charge is 2.18. The molecule has 4 nitrogen and oxygen atoms in total. The summed E-state index contributed by atoms with van der Waals surface area (Å²) in [6, 6.07) is 0. The molecule has 0 spiro atoms. The Labute approximate surface area is 66.8 Å². The zero-order valence-corrected chi connectivity index (χ0v) is 7.14. The Bertz CT molecular complexity index is 206. The molecule has 1 rings (SSSR count). The number of nitrogens with two attached hydrogens (primary N) is 1.